The van der Waals surface area contributed by atoms with Crippen LogP contribution in [0.1, 0.15) is 37.4 Å². The number of aryl methyl sites for hydroxylation is 1. The molecule has 1 fully saturated rings. The maximum Gasteiger partial charge on any atom is 0.118 e. The first-order valence-corrected chi connectivity index (χ1v) is 10.2. The van der Waals surface area contributed by atoms with E-state index in [0.717, 1.165) is 12.3 Å². The summed E-state index contributed by atoms with van der Waals surface area (Å²) in [6.07, 6.45) is 2.45. The first-order chi connectivity index (χ1) is 13.7. The van der Waals surface area contributed by atoms with Crippen LogP contribution in [0.4, 0.5) is 5.69 Å². The van der Waals surface area contributed by atoms with Crippen LogP contribution in [0.3, 0.4) is 0 Å². The molecule has 0 saturated carbocycles. The van der Waals surface area contributed by atoms with E-state index in [4.69, 9.17) is 4.74 Å². The molecule has 2 heteroatoms. The largest absolute Gasteiger partial charge is 0.497 e. The van der Waals surface area contributed by atoms with Crippen molar-refractivity contribution < 1.29 is 4.74 Å². The summed E-state index contributed by atoms with van der Waals surface area (Å²) in [6, 6.07) is 30.1. The lowest BCUT2D eigenvalue weighted by Crippen LogP contribution is -2.48. The molecule has 1 aliphatic rings. The van der Waals surface area contributed by atoms with Gasteiger partial charge in [-0.1, -0.05) is 80.9 Å². The van der Waals surface area contributed by atoms with E-state index in [1.54, 1.807) is 7.11 Å². The smallest absolute Gasteiger partial charge is 0.118 e. The molecule has 0 N–H and O–H groups in total. The SMILES string of the molecule is CCCc1ccccc1.COc1ccc([C@@H]2C(C)CN2c2ccccc2)cc1. The van der Waals surface area contributed by atoms with Crippen molar-refractivity contribution in [2.24, 2.45) is 5.92 Å². The molecule has 146 valence electrons. The Hall–Kier alpha value is -2.74. The summed E-state index contributed by atoms with van der Waals surface area (Å²) < 4.78 is 5.23. The number of ether oxygens (including phenoxy) is 1. The molecular formula is C26H31NO. The molecule has 28 heavy (non-hydrogen) atoms. The van der Waals surface area contributed by atoms with E-state index in [1.165, 1.54) is 29.7 Å². The molecule has 1 unspecified atom stereocenters. The summed E-state index contributed by atoms with van der Waals surface area (Å²) in [5, 5.41) is 0. The summed E-state index contributed by atoms with van der Waals surface area (Å²) >= 11 is 0. The van der Waals surface area contributed by atoms with Crippen molar-refractivity contribution in [3.63, 3.8) is 0 Å². The molecule has 0 bridgehead atoms. The number of nitrogens with zero attached hydrogens (tertiary/aromatic N) is 1. The average Bonchev–Trinajstić information content (AvgIpc) is 2.74. The van der Waals surface area contributed by atoms with E-state index in [-0.39, 0.29) is 0 Å². The molecule has 0 aromatic heterocycles. The van der Waals surface area contributed by atoms with E-state index >= 15 is 0 Å². The molecule has 1 heterocycles. The van der Waals surface area contributed by atoms with Gasteiger partial charge in [-0.25, -0.2) is 0 Å². The molecule has 3 aromatic rings. The van der Waals surface area contributed by atoms with Crippen LogP contribution in [-0.4, -0.2) is 13.7 Å². The number of hydrogen-bond acceptors (Lipinski definition) is 2. The van der Waals surface area contributed by atoms with E-state index in [2.05, 4.69) is 91.5 Å². The maximum atomic E-state index is 5.23. The fourth-order valence-electron chi connectivity index (χ4n) is 3.82. The third-order valence-electron chi connectivity index (χ3n) is 5.29. The Morgan fingerprint density at radius 3 is 2.00 bits per heavy atom. The van der Waals surface area contributed by atoms with E-state index in [9.17, 15) is 0 Å². The summed E-state index contributed by atoms with van der Waals surface area (Å²) in [6.45, 7) is 5.64. The van der Waals surface area contributed by atoms with Gasteiger partial charge in [0.25, 0.3) is 0 Å². The highest BCUT2D eigenvalue weighted by Crippen LogP contribution is 2.42. The minimum Gasteiger partial charge on any atom is -0.497 e. The molecule has 3 aromatic carbocycles. The van der Waals surface area contributed by atoms with Gasteiger partial charge in [0, 0.05) is 12.2 Å². The second-order valence-corrected chi connectivity index (χ2v) is 7.42. The van der Waals surface area contributed by atoms with Crippen LogP contribution in [0.15, 0.2) is 84.9 Å². The Balaban J connectivity index is 0.000000211. The van der Waals surface area contributed by atoms with Crippen LogP contribution < -0.4 is 9.64 Å². The number of benzene rings is 3. The highest BCUT2D eigenvalue weighted by molar-refractivity contribution is 5.52. The van der Waals surface area contributed by atoms with Crippen LogP contribution in [0, 0.1) is 5.92 Å². The van der Waals surface area contributed by atoms with Gasteiger partial charge < -0.3 is 9.64 Å². The first-order valence-electron chi connectivity index (χ1n) is 10.2. The number of rotatable bonds is 5. The molecule has 0 aliphatic carbocycles. The topological polar surface area (TPSA) is 12.5 Å². The van der Waals surface area contributed by atoms with Gasteiger partial charge >= 0.3 is 0 Å². The normalized spacial score (nSPS) is 17.9. The van der Waals surface area contributed by atoms with Crippen molar-refractivity contribution in [1.29, 1.82) is 0 Å². The van der Waals surface area contributed by atoms with Crippen LogP contribution >= 0.6 is 0 Å². The molecule has 4 rings (SSSR count). The Morgan fingerprint density at radius 1 is 0.857 bits per heavy atom. The Labute approximate surface area is 169 Å². The zero-order chi connectivity index (χ0) is 19.8. The lowest BCUT2D eigenvalue weighted by atomic mass is 9.84. The number of para-hydroxylation sites is 1. The van der Waals surface area contributed by atoms with Crippen LogP contribution in [-0.2, 0) is 6.42 Å². The second kappa shape index (κ2) is 9.98. The van der Waals surface area contributed by atoms with Gasteiger partial charge in [0.05, 0.1) is 13.2 Å². The van der Waals surface area contributed by atoms with Gasteiger partial charge in [0.15, 0.2) is 0 Å². The van der Waals surface area contributed by atoms with Crippen molar-refractivity contribution in [2.45, 2.75) is 32.7 Å². The molecule has 0 amide bonds. The number of methoxy groups -OCH3 is 1. The van der Waals surface area contributed by atoms with E-state index in [0.29, 0.717) is 12.0 Å². The van der Waals surface area contributed by atoms with Crippen molar-refractivity contribution in [2.75, 3.05) is 18.6 Å². The molecule has 0 spiro atoms. The molecule has 1 saturated heterocycles. The summed E-state index contributed by atoms with van der Waals surface area (Å²) in [4.78, 5) is 2.46. The van der Waals surface area contributed by atoms with Gasteiger partial charge in [0.1, 0.15) is 5.75 Å². The van der Waals surface area contributed by atoms with E-state index < -0.39 is 0 Å². The van der Waals surface area contributed by atoms with Gasteiger partial charge in [-0.2, -0.15) is 0 Å². The number of anilines is 1. The van der Waals surface area contributed by atoms with Gasteiger partial charge in [0.2, 0.25) is 0 Å². The summed E-state index contributed by atoms with van der Waals surface area (Å²) in [5.41, 5.74) is 4.12. The summed E-state index contributed by atoms with van der Waals surface area (Å²) in [5.74, 6) is 1.61. The molecule has 2 atom stereocenters. The summed E-state index contributed by atoms with van der Waals surface area (Å²) in [7, 11) is 1.71. The van der Waals surface area contributed by atoms with Crippen LogP contribution in [0.25, 0.3) is 0 Å². The second-order valence-electron chi connectivity index (χ2n) is 7.42. The van der Waals surface area contributed by atoms with Crippen molar-refractivity contribution in [1.82, 2.24) is 0 Å². The van der Waals surface area contributed by atoms with Crippen molar-refractivity contribution in [3.05, 3.63) is 96.1 Å². The lowest BCUT2D eigenvalue weighted by molar-refractivity contribution is 0.324. The Bertz CT molecular complexity index is 814. The zero-order valence-electron chi connectivity index (χ0n) is 17.2. The minimum atomic E-state index is 0.480. The van der Waals surface area contributed by atoms with Crippen molar-refractivity contribution in [3.8, 4) is 5.75 Å². The third kappa shape index (κ3) is 4.95. The van der Waals surface area contributed by atoms with Crippen molar-refractivity contribution >= 4 is 5.69 Å². The third-order valence-corrected chi connectivity index (χ3v) is 5.29. The molecular weight excluding hydrogens is 342 g/mol. The zero-order valence-corrected chi connectivity index (χ0v) is 17.2. The highest BCUT2D eigenvalue weighted by atomic mass is 16.5. The maximum absolute atomic E-state index is 5.23. The lowest BCUT2D eigenvalue weighted by Gasteiger charge is -2.48. The Kier molecular flexibility index (Phi) is 7.13. The minimum absolute atomic E-state index is 0.480. The fourth-order valence-corrected chi connectivity index (χ4v) is 3.82. The van der Waals surface area contributed by atoms with Crippen LogP contribution in [0.2, 0.25) is 0 Å². The van der Waals surface area contributed by atoms with E-state index in [1.807, 2.05) is 12.1 Å². The predicted octanol–water partition coefficient (Wildman–Crippen LogP) is 6.53. The fraction of sp³-hybridized carbons (Fsp3) is 0.308. The molecule has 2 nitrogen and oxygen atoms in total. The molecule has 0 radical (unpaired) electrons. The quantitative estimate of drug-likeness (QED) is 0.504. The molecule has 1 aliphatic heterocycles. The Morgan fingerprint density at radius 2 is 1.46 bits per heavy atom. The number of hydrogen-bond donors (Lipinski definition) is 0. The van der Waals surface area contributed by atoms with Gasteiger partial charge in [-0.15, -0.1) is 0 Å². The monoisotopic (exact) mass is 373 g/mol. The standard InChI is InChI=1S/C17H19NO.C9H12/c1-13-12-18(15-6-4-3-5-7-15)17(13)14-8-10-16(19-2)11-9-14;1-2-6-9-7-4-3-5-8-9/h3-11,13,17H,12H2,1-2H3;3-5,7-8H,2,6H2,1H3/t13?,17-;/m0./s1. The average molecular weight is 374 g/mol. The first kappa shape index (κ1) is 20.0. The predicted molar refractivity (Wildman–Crippen MR) is 119 cm³/mol. The highest BCUT2D eigenvalue weighted by Gasteiger charge is 2.36. The van der Waals surface area contributed by atoms with Gasteiger partial charge in [-0.3, -0.25) is 0 Å². The van der Waals surface area contributed by atoms with Gasteiger partial charge in [-0.05, 0) is 47.7 Å². The van der Waals surface area contributed by atoms with Crippen LogP contribution in [0.5, 0.6) is 5.75 Å².